The van der Waals surface area contributed by atoms with Gasteiger partial charge in [0, 0.05) is 6.20 Å². The molecule has 2 aromatic rings. The van der Waals surface area contributed by atoms with Crippen LogP contribution in [-0.2, 0) is 16.2 Å². The molecule has 9 heteroatoms. The van der Waals surface area contributed by atoms with Crippen LogP contribution in [0, 0.1) is 6.92 Å². The summed E-state index contributed by atoms with van der Waals surface area (Å²) in [6, 6.07) is 5.31. The number of nitrogens with one attached hydrogen (secondary N) is 1. The minimum atomic E-state index is -4.67. The summed E-state index contributed by atoms with van der Waals surface area (Å²) in [6.07, 6.45) is -3.31. The van der Waals surface area contributed by atoms with E-state index in [4.69, 9.17) is 11.6 Å². The van der Waals surface area contributed by atoms with E-state index in [0.717, 1.165) is 6.07 Å². The summed E-state index contributed by atoms with van der Waals surface area (Å²) in [4.78, 5) is 3.18. The third-order valence-electron chi connectivity index (χ3n) is 2.79. The van der Waals surface area contributed by atoms with Crippen LogP contribution in [0.3, 0.4) is 0 Å². The summed E-state index contributed by atoms with van der Waals surface area (Å²) in [5.41, 5.74) is -0.579. The van der Waals surface area contributed by atoms with Crippen molar-refractivity contribution in [3.63, 3.8) is 0 Å². The first kappa shape index (κ1) is 16.6. The van der Waals surface area contributed by atoms with E-state index in [1.54, 1.807) is 19.1 Å². The number of anilines is 1. The number of nitrogens with zero attached hydrogens (tertiary/aromatic N) is 1. The lowest BCUT2D eigenvalue weighted by Crippen LogP contribution is -2.16. The van der Waals surface area contributed by atoms with Crippen LogP contribution in [0.4, 0.5) is 19.0 Å². The Hall–Kier alpha value is -1.80. The number of hydrogen-bond donors (Lipinski definition) is 1. The Kier molecular flexibility index (Phi) is 4.35. The van der Waals surface area contributed by atoms with Crippen LogP contribution in [-0.4, -0.2) is 13.4 Å². The molecule has 0 radical (unpaired) electrons. The smallest absolute Gasteiger partial charge is 0.263 e. The average molecular weight is 351 g/mol. The molecule has 0 bridgehead atoms. The molecule has 0 fully saturated rings. The Balaban J connectivity index is 2.48. The van der Waals surface area contributed by atoms with Crippen LogP contribution in [0.25, 0.3) is 0 Å². The van der Waals surface area contributed by atoms with Gasteiger partial charge in [-0.1, -0.05) is 17.7 Å². The molecule has 0 aliphatic rings. The molecule has 1 N–H and O–H groups in total. The van der Waals surface area contributed by atoms with E-state index in [1.165, 1.54) is 6.20 Å². The Bertz CT molecular complexity index is 807. The van der Waals surface area contributed by atoms with Crippen LogP contribution in [0.2, 0.25) is 5.02 Å². The molecule has 4 nitrogen and oxygen atoms in total. The highest BCUT2D eigenvalue weighted by atomic mass is 35.5. The molecular formula is C13H10ClF3N2O2S. The fourth-order valence-electron chi connectivity index (χ4n) is 1.66. The lowest BCUT2D eigenvalue weighted by Gasteiger charge is -2.13. The fourth-order valence-corrected chi connectivity index (χ4v) is 3.27. The van der Waals surface area contributed by atoms with Crippen molar-refractivity contribution in [2.24, 2.45) is 0 Å². The largest absolute Gasteiger partial charge is 0.416 e. The maximum atomic E-state index is 12.7. The third kappa shape index (κ3) is 3.50. The standard InChI is InChI=1S/C13H10ClF3N2O2S/c1-8-3-2-6-18-12(8)19-22(20,21)11-7-9(13(15,16)17)4-5-10(11)14/h2-7H,1H3,(H,18,19). The SMILES string of the molecule is Cc1cccnc1NS(=O)(=O)c1cc(C(F)(F)F)ccc1Cl. The predicted octanol–water partition coefficient (Wildman–Crippen LogP) is 3.86. The van der Waals surface area contributed by atoms with E-state index < -0.39 is 26.7 Å². The van der Waals surface area contributed by atoms with E-state index in [-0.39, 0.29) is 10.8 Å². The zero-order valence-electron chi connectivity index (χ0n) is 11.1. The molecule has 1 heterocycles. The molecular weight excluding hydrogens is 341 g/mol. The molecule has 1 aromatic heterocycles. The van der Waals surface area contributed by atoms with E-state index in [9.17, 15) is 21.6 Å². The molecule has 0 aliphatic carbocycles. The monoisotopic (exact) mass is 350 g/mol. The van der Waals surface area contributed by atoms with Crippen LogP contribution in [0.5, 0.6) is 0 Å². The summed E-state index contributed by atoms with van der Waals surface area (Å²) in [5.74, 6) is 0.0241. The number of halogens is 4. The lowest BCUT2D eigenvalue weighted by molar-refractivity contribution is -0.137. The van der Waals surface area contributed by atoms with Crippen molar-refractivity contribution < 1.29 is 21.6 Å². The second kappa shape index (κ2) is 5.77. The van der Waals surface area contributed by atoms with Gasteiger partial charge in [-0.05, 0) is 36.8 Å². The predicted molar refractivity (Wildman–Crippen MR) is 76.2 cm³/mol. The second-order valence-corrected chi connectivity index (χ2v) is 6.48. The summed E-state index contributed by atoms with van der Waals surface area (Å²) in [7, 11) is -4.29. The van der Waals surface area contributed by atoms with Gasteiger partial charge in [-0.3, -0.25) is 4.72 Å². The minimum Gasteiger partial charge on any atom is -0.263 e. The molecule has 0 spiro atoms. The molecule has 2 rings (SSSR count). The quantitative estimate of drug-likeness (QED) is 0.914. The molecule has 0 atom stereocenters. The minimum absolute atomic E-state index is 0.0241. The highest BCUT2D eigenvalue weighted by Crippen LogP contribution is 2.33. The van der Waals surface area contributed by atoms with Gasteiger partial charge in [0.15, 0.2) is 0 Å². The average Bonchev–Trinajstić information content (AvgIpc) is 2.40. The van der Waals surface area contributed by atoms with Crippen LogP contribution >= 0.6 is 11.6 Å². The normalized spacial score (nSPS) is 12.2. The molecule has 1 aromatic carbocycles. The van der Waals surface area contributed by atoms with Gasteiger partial charge in [0.2, 0.25) is 0 Å². The van der Waals surface area contributed by atoms with Crippen molar-refractivity contribution in [3.8, 4) is 0 Å². The van der Waals surface area contributed by atoms with Gasteiger partial charge < -0.3 is 0 Å². The molecule has 22 heavy (non-hydrogen) atoms. The van der Waals surface area contributed by atoms with Gasteiger partial charge in [0.25, 0.3) is 10.0 Å². The van der Waals surface area contributed by atoms with Crippen LogP contribution in [0.1, 0.15) is 11.1 Å². The number of sulfonamides is 1. The first-order valence-electron chi connectivity index (χ1n) is 5.92. The first-order valence-corrected chi connectivity index (χ1v) is 7.78. The second-order valence-electron chi connectivity index (χ2n) is 4.42. The molecule has 0 saturated carbocycles. The zero-order valence-corrected chi connectivity index (χ0v) is 12.7. The third-order valence-corrected chi connectivity index (χ3v) is 4.61. The van der Waals surface area contributed by atoms with Gasteiger partial charge in [0.1, 0.15) is 10.7 Å². The number of benzene rings is 1. The van der Waals surface area contributed by atoms with Crippen molar-refractivity contribution in [1.82, 2.24) is 4.98 Å². The molecule has 0 aliphatic heterocycles. The summed E-state index contributed by atoms with van der Waals surface area (Å²) >= 11 is 5.73. The summed E-state index contributed by atoms with van der Waals surface area (Å²) in [6.45, 7) is 1.61. The zero-order chi connectivity index (χ0) is 16.5. The van der Waals surface area contributed by atoms with Crippen molar-refractivity contribution in [3.05, 3.63) is 52.7 Å². The van der Waals surface area contributed by atoms with Crippen molar-refractivity contribution in [2.45, 2.75) is 18.0 Å². The highest BCUT2D eigenvalue weighted by Gasteiger charge is 2.32. The van der Waals surface area contributed by atoms with Crippen molar-refractivity contribution >= 4 is 27.4 Å². The lowest BCUT2D eigenvalue weighted by atomic mass is 10.2. The number of aryl methyl sites for hydroxylation is 1. The number of pyridine rings is 1. The van der Waals surface area contributed by atoms with Crippen molar-refractivity contribution in [1.29, 1.82) is 0 Å². The number of hydrogen-bond acceptors (Lipinski definition) is 3. The van der Waals surface area contributed by atoms with E-state index in [1.807, 2.05) is 0 Å². The molecule has 0 saturated heterocycles. The topological polar surface area (TPSA) is 59.1 Å². The summed E-state index contributed by atoms with van der Waals surface area (Å²) in [5, 5.41) is -0.311. The number of rotatable bonds is 3. The number of alkyl halides is 3. The fraction of sp³-hybridized carbons (Fsp3) is 0.154. The van der Waals surface area contributed by atoms with Crippen LogP contribution in [0.15, 0.2) is 41.4 Å². The Labute approximate surface area is 130 Å². The highest BCUT2D eigenvalue weighted by molar-refractivity contribution is 7.92. The van der Waals surface area contributed by atoms with E-state index >= 15 is 0 Å². The van der Waals surface area contributed by atoms with Crippen LogP contribution < -0.4 is 4.72 Å². The van der Waals surface area contributed by atoms with Gasteiger partial charge in [0.05, 0.1) is 10.6 Å². The Morgan fingerprint density at radius 3 is 2.50 bits per heavy atom. The van der Waals surface area contributed by atoms with Gasteiger partial charge in [-0.15, -0.1) is 0 Å². The maximum absolute atomic E-state index is 12.7. The maximum Gasteiger partial charge on any atom is 0.416 e. The number of aromatic nitrogens is 1. The summed E-state index contributed by atoms with van der Waals surface area (Å²) < 4.78 is 64.8. The van der Waals surface area contributed by atoms with Gasteiger partial charge in [-0.2, -0.15) is 13.2 Å². The van der Waals surface area contributed by atoms with Gasteiger partial charge in [-0.25, -0.2) is 13.4 Å². The molecule has 0 unspecified atom stereocenters. The van der Waals surface area contributed by atoms with E-state index in [2.05, 4.69) is 9.71 Å². The Morgan fingerprint density at radius 1 is 1.23 bits per heavy atom. The first-order chi connectivity index (χ1) is 10.1. The molecule has 118 valence electrons. The Morgan fingerprint density at radius 2 is 1.91 bits per heavy atom. The van der Waals surface area contributed by atoms with Crippen molar-refractivity contribution in [2.75, 3.05) is 4.72 Å². The molecule has 0 amide bonds. The van der Waals surface area contributed by atoms with Gasteiger partial charge >= 0.3 is 6.18 Å². The van der Waals surface area contributed by atoms with E-state index in [0.29, 0.717) is 17.7 Å².